The molecule has 0 atom stereocenters. The molecule has 0 radical (unpaired) electrons. The van der Waals surface area contributed by atoms with Crippen molar-refractivity contribution in [3.8, 4) is 17.0 Å². The lowest BCUT2D eigenvalue weighted by Gasteiger charge is -2.19. The summed E-state index contributed by atoms with van der Waals surface area (Å²) in [4.78, 5) is 24.0. The number of amides is 1. The maximum absolute atomic E-state index is 13.4. The molecule has 144 valence electrons. The molecule has 0 unspecified atom stereocenters. The number of ether oxygens (including phenoxy) is 1. The van der Waals surface area contributed by atoms with Gasteiger partial charge in [-0.25, -0.2) is 4.98 Å². The lowest BCUT2D eigenvalue weighted by Crippen LogP contribution is -2.26. The fraction of sp³-hybridized carbons (Fsp3) is 0.125. The highest BCUT2D eigenvalue weighted by atomic mass is 16.5. The van der Waals surface area contributed by atoms with Crippen molar-refractivity contribution in [3.63, 3.8) is 0 Å². The van der Waals surface area contributed by atoms with Gasteiger partial charge in [0.15, 0.2) is 0 Å². The zero-order valence-electron chi connectivity index (χ0n) is 16.4. The zero-order valence-corrected chi connectivity index (χ0v) is 16.4. The van der Waals surface area contributed by atoms with Gasteiger partial charge in [-0.2, -0.15) is 0 Å². The van der Waals surface area contributed by atoms with E-state index < -0.39 is 0 Å². The second-order valence-electron chi connectivity index (χ2n) is 6.83. The van der Waals surface area contributed by atoms with Crippen LogP contribution < -0.4 is 4.74 Å². The maximum atomic E-state index is 13.4. The average Bonchev–Trinajstić information content (AvgIpc) is 2.78. The van der Waals surface area contributed by atoms with Gasteiger partial charge in [-0.1, -0.05) is 30.3 Å². The molecule has 1 amide bonds. The van der Waals surface area contributed by atoms with Gasteiger partial charge < -0.3 is 9.64 Å². The van der Waals surface area contributed by atoms with Crippen molar-refractivity contribution in [2.45, 2.75) is 6.54 Å². The summed E-state index contributed by atoms with van der Waals surface area (Å²) >= 11 is 0. The first-order valence-electron chi connectivity index (χ1n) is 9.34. The van der Waals surface area contributed by atoms with E-state index in [0.717, 1.165) is 33.5 Å². The molecule has 0 saturated heterocycles. The minimum Gasteiger partial charge on any atom is -0.497 e. The zero-order chi connectivity index (χ0) is 20.2. The van der Waals surface area contributed by atoms with E-state index in [4.69, 9.17) is 9.72 Å². The van der Waals surface area contributed by atoms with Crippen LogP contribution in [0.4, 0.5) is 0 Å². The van der Waals surface area contributed by atoms with Crippen molar-refractivity contribution in [2.24, 2.45) is 0 Å². The highest BCUT2D eigenvalue weighted by Crippen LogP contribution is 2.26. The standard InChI is InChI=1S/C24H21N3O2/c1-27(16-17-7-5-9-19(13-17)29-2)24(28)21-14-23(18-8-6-12-25-15-18)26-22-11-4-3-10-20(21)22/h3-15H,16H2,1-2H3. The largest absolute Gasteiger partial charge is 0.497 e. The summed E-state index contributed by atoms with van der Waals surface area (Å²) in [5, 5.41) is 0.836. The van der Waals surface area contributed by atoms with E-state index in [-0.39, 0.29) is 5.91 Å². The predicted molar refractivity (Wildman–Crippen MR) is 114 cm³/mol. The number of carbonyl (C=O) groups excluding carboxylic acids is 1. The van der Waals surface area contributed by atoms with E-state index in [1.807, 2.05) is 66.7 Å². The van der Waals surface area contributed by atoms with Crippen LogP contribution in [0.2, 0.25) is 0 Å². The van der Waals surface area contributed by atoms with Gasteiger partial charge in [0.25, 0.3) is 5.91 Å². The molecule has 5 nitrogen and oxygen atoms in total. The number of aromatic nitrogens is 2. The monoisotopic (exact) mass is 383 g/mol. The smallest absolute Gasteiger partial charge is 0.254 e. The van der Waals surface area contributed by atoms with Gasteiger partial charge in [0, 0.05) is 36.9 Å². The van der Waals surface area contributed by atoms with Crippen LogP contribution in [0.15, 0.2) is 79.1 Å². The van der Waals surface area contributed by atoms with Gasteiger partial charge in [-0.3, -0.25) is 9.78 Å². The molecule has 2 aromatic heterocycles. The lowest BCUT2D eigenvalue weighted by molar-refractivity contribution is 0.0787. The van der Waals surface area contributed by atoms with Crippen molar-refractivity contribution in [1.29, 1.82) is 0 Å². The number of hydrogen-bond acceptors (Lipinski definition) is 4. The highest BCUT2D eigenvalue weighted by molar-refractivity contribution is 6.07. The molecule has 2 heterocycles. The number of pyridine rings is 2. The lowest BCUT2D eigenvalue weighted by atomic mass is 10.0. The molecule has 0 N–H and O–H groups in total. The van der Waals surface area contributed by atoms with Gasteiger partial charge in [0.1, 0.15) is 5.75 Å². The SMILES string of the molecule is COc1cccc(CN(C)C(=O)c2cc(-c3cccnc3)nc3ccccc23)c1. The molecule has 0 aliphatic rings. The minimum absolute atomic E-state index is 0.0587. The first-order valence-corrected chi connectivity index (χ1v) is 9.34. The second kappa shape index (κ2) is 8.10. The first kappa shape index (κ1) is 18.6. The Bertz CT molecular complexity index is 1160. The molecular formula is C24H21N3O2. The second-order valence-corrected chi connectivity index (χ2v) is 6.83. The van der Waals surface area contributed by atoms with Crippen LogP contribution in [-0.4, -0.2) is 34.9 Å². The Labute approximate surface area is 169 Å². The molecule has 4 aromatic rings. The Kier molecular flexibility index (Phi) is 5.20. The minimum atomic E-state index is -0.0587. The van der Waals surface area contributed by atoms with Crippen molar-refractivity contribution in [3.05, 3.63) is 90.3 Å². The summed E-state index contributed by atoms with van der Waals surface area (Å²) in [5.41, 5.74) is 4.02. The van der Waals surface area contributed by atoms with Crippen LogP contribution >= 0.6 is 0 Å². The van der Waals surface area contributed by atoms with E-state index in [2.05, 4.69) is 4.98 Å². The first-order chi connectivity index (χ1) is 14.2. The van der Waals surface area contributed by atoms with Crippen LogP contribution in [0.5, 0.6) is 5.75 Å². The van der Waals surface area contributed by atoms with Crippen LogP contribution in [0, 0.1) is 0 Å². The number of nitrogens with zero attached hydrogens (tertiary/aromatic N) is 3. The van der Waals surface area contributed by atoms with E-state index in [1.54, 1.807) is 31.5 Å². The summed E-state index contributed by atoms with van der Waals surface area (Å²) in [7, 11) is 3.44. The molecule has 2 aromatic carbocycles. The number of para-hydroxylation sites is 1. The summed E-state index contributed by atoms with van der Waals surface area (Å²) < 4.78 is 5.29. The summed E-state index contributed by atoms with van der Waals surface area (Å²) in [5.74, 6) is 0.716. The number of benzene rings is 2. The quantitative estimate of drug-likeness (QED) is 0.506. The van der Waals surface area contributed by atoms with Crippen molar-refractivity contribution < 1.29 is 9.53 Å². The number of fused-ring (bicyclic) bond motifs is 1. The maximum Gasteiger partial charge on any atom is 0.254 e. The van der Waals surface area contributed by atoms with Crippen LogP contribution in [0.25, 0.3) is 22.2 Å². The summed E-state index contributed by atoms with van der Waals surface area (Å²) in [6, 6.07) is 21.1. The number of hydrogen-bond donors (Lipinski definition) is 0. The Morgan fingerprint density at radius 2 is 1.90 bits per heavy atom. The van der Waals surface area contributed by atoms with Crippen molar-refractivity contribution in [2.75, 3.05) is 14.2 Å². The Morgan fingerprint density at radius 3 is 2.69 bits per heavy atom. The topological polar surface area (TPSA) is 55.3 Å². The molecule has 0 aliphatic carbocycles. The van der Waals surface area contributed by atoms with Crippen LogP contribution in [0.1, 0.15) is 15.9 Å². The molecular weight excluding hydrogens is 362 g/mol. The molecule has 0 saturated carbocycles. The van der Waals surface area contributed by atoms with E-state index in [1.165, 1.54) is 0 Å². The molecule has 29 heavy (non-hydrogen) atoms. The van der Waals surface area contributed by atoms with Gasteiger partial charge in [0.05, 0.1) is 23.9 Å². The Morgan fingerprint density at radius 1 is 1.03 bits per heavy atom. The number of methoxy groups -OCH3 is 1. The van der Waals surface area contributed by atoms with Gasteiger partial charge in [-0.15, -0.1) is 0 Å². The molecule has 0 fully saturated rings. The third-order valence-corrected chi connectivity index (χ3v) is 4.80. The van der Waals surface area contributed by atoms with Gasteiger partial charge >= 0.3 is 0 Å². The third-order valence-electron chi connectivity index (χ3n) is 4.80. The van der Waals surface area contributed by atoms with Gasteiger partial charge in [-0.05, 0) is 42.0 Å². The fourth-order valence-electron chi connectivity index (χ4n) is 3.34. The number of rotatable bonds is 5. The summed E-state index contributed by atoms with van der Waals surface area (Å²) in [6.07, 6.45) is 3.48. The molecule has 4 rings (SSSR count). The third kappa shape index (κ3) is 3.94. The summed E-state index contributed by atoms with van der Waals surface area (Å²) in [6.45, 7) is 0.481. The van der Waals surface area contributed by atoms with Crippen LogP contribution in [-0.2, 0) is 6.54 Å². The predicted octanol–water partition coefficient (Wildman–Crippen LogP) is 4.58. The van der Waals surface area contributed by atoms with Crippen molar-refractivity contribution >= 4 is 16.8 Å². The molecule has 0 spiro atoms. The van der Waals surface area contributed by atoms with E-state index in [9.17, 15) is 4.79 Å². The van der Waals surface area contributed by atoms with Crippen molar-refractivity contribution in [1.82, 2.24) is 14.9 Å². The Balaban J connectivity index is 1.72. The number of carbonyl (C=O) groups is 1. The van der Waals surface area contributed by atoms with E-state index >= 15 is 0 Å². The molecule has 0 aliphatic heterocycles. The van der Waals surface area contributed by atoms with Gasteiger partial charge in [0.2, 0.25) is 0 Å². The normalized spacial score (nSPS) is 10.7. The molecule has 5 heteroatoms. The van der Waals surface area contributed by atoms with Crippen LogP contribution in [0.3, 0.4) is 0 Å². The Hall–Kier alpha value is -3.73. The highest BCUT2D eigenvalue weighted by Gasteiger charge is 2.18. The fourth-order valence-corrected chi connectivity index (χ4v) is 3.34. The molecule has 0 bridgehead atoms. The average molecular weight is 383 g/mol. The van der Waals surface area contributed by atoms with E-state index in [0.29, 0.717) is 12.1 Å².